The molecule has 0 radical (unpaired) electrons. The van der Waals surface area contributed by atoms with Crippen LogP contribution in [0.2, 0.25) is 0 Å². The van der Waals surface area contributed by atoms with Crippen molar-refractivity contribution >= 4 is 11.3 Å². The molecule has 0 aliphatic carbocycles. The van der Waals surface area contributed by atoms with Crippen LogP contribution in [0.1, 0.15) is 16.3 Å². The van der Waals surface area contributed by atoms with Crippen molar-refractivity contribution in [2.24, 2.45) is 0 Å². The van der Waals surface area contributed by atoms with E-state index in [0.717, 1.165) is 10.7 Å². The molecule has 96 valence electrons. The maximum Gasteiger partial charge on any atom is 0.131 e. The molecule has 1 N–H and O–H groups in total. The zero-order valence-electron chi connectivity index (χ0n) is 10.3. The second-order valence-electron chi connectivity index (χ2n) is 3.78. The molecular weight excluding hydrogens is 250 g/mol. The van der Waals surface area contributed by atoms with Crippen molar-refractivity contribution in [3.8, 4) is 11.5 Å². The highest BCUT2D eigenvalue weighted by atomic mass is 32.1. The molecule has 0 bridgehead atoms. The van der Waals surface area contributed by atoms with E-state index in [4.69, 9.17) is 9.47 Å². The third kappa shape index (κ3) is 3.00. The molecule has 2 rings (SSSR count). The predicted molar refractivity (Wildman–Crippen MR) is 70.1 cm³/mol. The fraction of sp³-hybridized carbons (Fsp3) is 0.308. The summed E-state index contributed by atoms with van der Waals surface area (Å²) in [7, 11) is 1.59. The molecule has 0 atom stereocenters. The van der Waals surface area contributed by atoms with E-state index in [1.54, 1.807) is 36.6 Å². The minimum atomic E-state index is -0.0807. The Kier molecular flexibility index (Phi) is 4.17. The number of hydrogen-bond acceptors (Lipinski definition) is 5. The monoisotopic (exact) mass is 265 g/mol. The number of rotatable bonds is 5. The zero-order chi connectivity index (χ0) is 13.0. The molecular formula is C13H15NO3S. The third-order valence-corrected chi connectivity index (χ3v) is 3.30. The van der Waals surface area contributed by atoms with E-state index >= 15 is 0 Å². The van der Waals surface area contributed by atoms with E-state index in [1.807, 2.05) is 12.3 Å². The van der Waals surface area contributed by atoms with Gasteiger partial charge in [-0.25, -0.2) is 4.98 Å². The van der Waals surface area contributed by atoms with Crippen LogP contribution in [-0.4, -0.2) is 17.2 Å². The Balaban J connectivity index is 2.08. The Morgan fingerprint density at radius 3 is 2.83 bits per heavy atom. The molecule has 0 saturated carbocycles. The van der Waals surface area contributed by atoms with Crippen LogP contribution >= 0.6 is 11.3 Å². The van der Waals surface area contributed by atoms with Crippen molar-refractivity contribution in [2.45, 2.75) is 20.1 Å². The normalized spacial score (nSPS) is 10.4. The van der Waals surface area contributed by atoms with Crippen LogP contribution in [0.25, 0.3) is 0 Å². The Morgan fingerprint density at radius 1 is 1.39 bits per heavy atom. The molecule has 0 unspecified atom stereocenters. The highest BCUT2D eigenvalue weighted by Gasteiger charge is 2.06. The van der Waals surface area contributed by atoms with Crippen LogP contribution in [0.4, 0.5) is 0 Å². The largest absolute Gasteiger partial charge is 0.497 e. The molecule has 0 aliphatic rings. The van der Waals surface area contributed by atoms with Gasteiger partial charge in [-0.3, -0.25) is 0 Å². The van der Waals surface area contributed by atoms with Gasteiger partial charge in [0.15, 0.2) is 0 Å². The van der Waals surface area contributed by atoms with Gasteiger partial charge in [0.1, 0.15) is 18.1 Å². The molecule has 1 aromatic heterocycles. The molecule has 0 saturated heterocycles. The number of methoxy groups -OCH3 is 1. The van der Waals surface area contributed by atoms with Gasteiger partial charge in [0.05, 0.1) is 24.4 Å². The maximum absolute atomic E-state index is 9.29. The summed E-state index contributed by atoms with van der Waals surface area (Å²) in [6.07, 6.45) is 0. The van der Waals surface area contributed by atoms with Gasteiger partial charge in [-0.15, -0.1) is 11.3 Å². The van der Waals surface area contributed by atoms with Crippen molar-refractivity contribution in [3.05, 3.63) is 39.8 Å². The number of aliphatic hydroxyl groups excluding tert-OH is 1. The topological polar surface area (TPSA) is 51.6 Å². The summed E-state index contributed by atoms with van der Waals surface area (Å²) in [5.74, 6) is 1.36. The number of ether oxygens (including phenoxy) is 2. The molecule has 18 heavy (non-hydrogen) atoms. The lowest BCUT2D eigenvalue weighted by atomic mass is 10.2. The SMILES string of the molecule is COc1ccc(OCc2csc(C)n2)c(CO)c1. The van der Waals surface area contributed by atoms with E-state index in [9.17, 15) is 5.11 Å². The van der Waals surface area contributed by atoms with Crippen molar-refractivity contribution in [2.75, 3.05) is 7.11 Å². The molecule has 1 aromatic carbocycles. The van der Waals surface area contributed by atoms with Gasteiger partial charge >= 0.3 is 0 Å². The summed E-state index contributed by atoms with van der Waals surface area (Å²) < 4.78 is 10.8. The smallest absolute Gasteiger partial charge is 0.131 e. The third-order valence-electron chi connectivity index (χ3n) is 2.48. The lowest BCUT2D eigenvalue weighted by Crippen LogP contribution is -1.99. The number of hydrogen-bond donors (Lipinski definition) is 1. The number of aromatic nitrogens is 1. The fourth-order valence-electron chi connectivity index (χ4n) is 1.57. The van der Waals surface area contributed by atoms with Crippen LogP contribution in [0.3, 0.4) is 0 Å². The molecule has 0 aliphatic heterocycles. The van der Waals surface area contributed by atoms with Crippen molar-refractivity contribution in [1.29, 1.82) is 0 Å². The van der Waals surface area contributed by atoms with Crippen LogP contribution in [0.5, 0.6) is 11.5 Å². The number of thiazole rings is 1. The minimum absolute atomic E-state index is 0.0807. The average Bonchev–Trinajstić information content (AvgIpc) is 2.82. The minimum Gasteiger partial charge on any atom is -0.497 e. The molecule has 5 heteroatoms. The molecule has 1 heterocycles. The summed E-state index contributed by atoms with van der Waals surface area (Å²) in [6, 6.07) is 5.37. The van der Waals surface area contributed by atoms with Crippen molar-refractivity contribution in [3.63, 3.8) is 0 Å². The highest BCUT2D eigenvalue weighted by molar-refractivity contribution is 7.09. The van der Waals surface area contributed by atoms with Gasteiger partial charge in [-0.05, 0) is 25.1 Å². The highest BCUT2D eigenvalue weighted by Crippen LogP contribution is 2.25. The van der Waals surface area contributed by atoms with E-state index in [0.29, 0.717) is 23.7 Å². The lowest BCUT2D eigenvalue weighted by molar-refractivity contribution is 0.256. The van der Waals surface area contributed by atoms with E-state index in [1.165, 1.54) is 0 Å². The van der Waals surface area contributed by atoms with E-state index in [2.05, 4.69) is 4.98 Å². The van der Waals surface area contributed by atoms with Crippen LogP contribution in [0, 0.1) is 6.92 Å². The Morgan fingerprint density at radius 2 is 2.22 bits per heavy atom. The van der Waals surface area contributed by atoms with Gasteiger partial charge in [0.2, 0.25) is 0 Å². The van der Waals surface area contributed by atoms with Gasteiger partial charge in [-0.2, -0.15) is 0 Å². The molecule has 4 nitrogen and oxygen atoms in total. The van der Waals surface area contributed by atoms with Gasteiger partial charge in [0, 0.05) is 10.9 Å². The maximum atomic E-state index is 9.29. The molecule has 0 spiro atoms. The predicted octanol–water partition coefficient (Wildman–Crippen LogP) is 2.53. The average molecular weight is 265 g/mol. The summed E-state index contributed by atoms with van der Waals surface area (Å²) >= 11 is 1.60. The summed E-state index contributed by atoms with van der Waals surface area (Å²) in [6.45, 7) is 2.28. The molecule has 0 fully saturated rings. The lowest BCUT2D eigenvalue weighted by Gasteiger charge is -2.10. The number of benzene rings is 1. The first kappa shape index (κ1) is 12.9. The van der Waals surface area contributed by atoms with Gasteiger partial charge in [0.25, 0.3) is 0 Å². The number of aliphatic hydroxyl groups is 1. The number of nitrogens with zero attached hydrogens (tertiary/aromatic N) is 1. The Hall–Kier alpha value is -1.59. The molecule has 0 amide bonds. The zero-order valence-corrected chi connectivity index (χ0v) is 11.2. The quantitative estimate of drug-likeness (QED) is 0.902. The van der Waals surface area contributed by atoms with Crippen LogP contribution in [0.15, 0.2) is 23.6 Å². The Labute approximate surface area is 110 Å². The van der Waals surface area contributed by atoms with Crippen molar-refractivity contribution < 1.29 is 14.6 Å². The first-order valence-corrected chi connectivity index (χ1v) is 6.42. The summed E-state index contributed by atoms with van der Waals surface area (Å²) in [5.41, 5.74) is 1.61. The fourth-order valence-corrected chi connectivity index (χ4v) is 2.17. The Bertz CT molecular complexity index is 525. The summed E-state index contributed by atoms with van der Waals surface area (Å²) in [4.78, 5) is 4.32. The standard InChI is InChI=1S/C13H15NO3S/c1-9-14-11(8-18-9)7-17-13-4-3-12(16-2)5-10(13)6-15/h3-5,8,15H,6-7H2,1-2H3. The van der Waals surface area contributed by atoms with Gasteiger partial charge in [-0.1, -0.05) is 0 Å². The van der Waals surface area contributed by atoms with Crippen molar-refractivity contribution in [1.82, 2.24) is 4.98 Å². The van der Waals surface area contributed by atoms with Crippen LogP contribution < -0.4 is 9.47 Å². The first-order valence-electron chi connectivity index (χ1n) is 5.54. The van der Waals surface area contributed by atoms with Crippen LogP contribution in [-0.2, 0) is 13.2 Å². The summed E-state index contributed by atoms with van der Waals surface area (Å²) in [5, 5.41) is 12.3. The number of aryl methyl sites for hydroxylation is 1. The second kappa shape index (κ2) is 5.84. The first-order chi connectivity index (χ1) is 8.72. The molecule has 2 aromatic rings. The van der Waals surface area contributed by atoms with E-state index < -0.39 is 0 Å². The van der Waals surface area contributed by atoms with E-state index in [-0.39, 0.29) is 6.61 Å². The van der Waals surface area contributed by atoms with Gasteiger partial charge < -0.3 is 14.6 Å². The second-order valence-corrected chi connectivity index (χ2v) is 4.84.